The van der Waals surface area contributed by atoms with Gasteiger partial charge in [0.1, 0.15) is 0 Å². The molecule has 0 radical (unpaired) electrons. The predicted octanol–water partition coefficient (Wildman–Crippen LogP) is -0.141. The third kappa shape index (κ3) is 5.45. The molecule has 0 saturated carbocycles. The molecular weight excluding hydrogens is 358 g/mol. The summed E-state index contributed by atoms with van der Waals surface area (Å²) in [4.78, 5) is 0.0490. The topological polar surface area (TPSA) is 118 Å². The molecule has 1 aromatic rings. The van der Waals surface area contributed by atoms with Gasteiger partial charge in [0, 0.05) is 23.2 Å². The van der Waals surface area contributed by atoms with E-state index in [0.717, 1.165) is 6.26 Å². The first-order valence-electron chi connectivity index (χ1n) is 5.11. The number of nitrogens with one attached hydrogen (secondary N) is 2. The Hall–Kier alpha value is -0.680. The monoisotopic (exact) mass is 371 g/mol. The fourth-order valence-corrected chi connectivity index (χ4v) is 3.24. The summed E-state index contributed by atoms with van der Waals surface area (Å²) in [6, 6.07) is 4.21. The van der Waals surface area contributed by atoms with Crippen molar-refractivity contribution in [3.05, 3.63) is 22.7 Å². The molecule has 0 spiro atoms. The number of nitrogens with two attached hydrogens (primary N) is 1. The highest BCUT2D eigenvalue weighted by Crippen LogP contribution is 2.22. The van der Waals surface area contributed by atoms with Crippen molar-refractivity contribution >= 4 is 41.7 Å². The lowest BCUT2D eigenvalue weighted by molar-refractivity contribution is 0.573. The Balaban J connectivity index is 2.68. The molecule has 4 N–H and O–H groups in total. The van der Waals surface area contributed by atoms with Crippen LogP contribution in [0.3, 0.4) is 0 Å². The number of halogens is 1. The Bertz CT molecular complexity index is 658. The molecule has 1 rings (SSSR count). The van der Waals surface area contributed by atoms with Crippen molar-refractivity contribution < 1.29 is 16.8 Å². The van der Waals surface area contributed by atoms with Crippen LogP contribution < -0.4 is 15.2 Å². The number of sulfonamides is 2. The van der Waals surface area contributed by atoms with Crippen molar-refractivity contribution in [1.82, 2.24) is 9.44 Å². The van der Waals surface area contributed by atoms with E-state index in [0.29, 0.717) is 10.2 Å². The van der Waals surface area contributed by atoms with Gasteiger partial charge in [-0.15, -0.1) is 0 Å². The summed E-state index contributed by atoms with van der Waals surface area (Å²) in [5.41, 5.74) is 5.99. The van der Waals surface area contributed by atoms with Gasteiger partial charge in [-0.3, -0.25) is 0 Å². The van der Waals surface area contributed by atoms with Gasteiger partial charge in [-0.2, -0.15) is 0 Å². The molecule has 0 amide bonds. The molecule has 1 aromatic carbocycles. The number of rotatable bonds is 6. The molecule has 108 valence electrons. The Morgan fingerprint density at radius 1 is 1.16 bits per heavy atom. The molecule has 0 fully saturated rings. The zero-order chi connectivity index (χ0) is 14.7. The second-order valence-electron chi connectivity index (χ2n) is 3.75. The highest BCUT2D eigenvalue weighted by atomic mass is 79.9. The summed E-state index contributed by atoms with van der Waals surface area (Å²) in [7, 11) is -7.02. The minimum atomic E-state index is -3.69. The number of benzene rings is 1. The maximum Gasteiger partial charge on any atom is 0.240 e. The van der Waals surface area contributed by atoms with E-state index >= 15 is 0 Å². The highest BCUT2D eigenvalue weighted by Gasteiger charge is 2.14. The van der Waals surface area contributed by atoms with Gasteiger partial charge in [-0.05, 0) is 34.1 Å². The van der Waals surface area contributed by atoms with Crippen LogP contribution in [0.15, 0.2) is 27.6 Å². The number of anilines is 1. The fraction of sp³-hybridized carbons (Fsp3) is 0.333. The molecular formula is C9H14BrN3O4S2. The van der Waals surface area contributed by atoms with Crippen LogP contribution in [-0.4, -0.2) is 36.2 Å². The van der Waals surface area contributed by atoms with E-state index in [2.05, 4.69) is 25.4 Å². The first-order valence-corrected chi connectivity index (χ1v) is 9.28. The first-order chi connectivity index (χ1) is 8.62. The summed E-state index contributed by atoms with van der Waals surface area (Å²) >= 11 is 3.14. The third-order valence-electron chi connectivity index (χ3n) is 2.06. The quantitative estimate of drug-likeness (QED) is 0.474. The average Bonchev–Trinajstić information content (AvgIpc) is 2.27. The lowest BCUT2D eigenvalue weighted by atomic mass is 10.3. The van der Waals surface area contributed by atoms with Crippen molar-refractivity contribution in [2.75, 3.05) is 25.1 Å². The van der Waals surface area contributed by atoms with E-state index in [9.17, 15) is 16.8 Å². The van der Waals surface area contributed by atoms with E-state index in [4.69, 9.17) is 5.73 Å². The zero-order valence-electron chi connectivity index (χ0n) is 10.1. The largest absolute Gasteiger partial charge is 0.398 e. The molecule has 7 nitrogen and oxygen atoms in total. The van der Waals surface area contributed by atoms with Crippen molar-refractivity contribution in [2.24, 2.45) is 0 Å². The Kier molecular flexibility index (Phi) is 5.33. The molecule has 10 heteroatoms. The minimum absolute atomic E-state index is 0.0196. The van der Waals surface area contributed by atoms with Crippen LogP contribution in [0.5, 0.6) is 0 Å². The molecule has 0 aliphatic heterocycles. The van der Waals surface area contributed by atoms with Crippen molar-refractivity contribution in [3.8, 4) is 0 Å². The van der Waals surface area contributed by atoms with Crippen molar-refractivity contribution in [1.29, 1.82) is 0 Å². The summed E-state index contributed by atoms with van der Waals surface area (Å²) < 4.78 is 50.3. The molecule has 0 aliphatic carbocycles. The SMILES string of the molecule is CS(=O)(=O)NCCNS(=O)(=O)c1ccc(N)c(Br)c1. The minimum Gasteiger partial charge on any atom is -0.398 e. The van der Waals surface area contributed by atoms with Crippen LogP contribution in [0.25, 0.3) is 0 Å². The Morgan fingerprint density at radius 3 is 2.26 bits per heavy atom. The van der Waals surface area contributed by atoms with Gasteiger partial charge >= 0.3 is 0 Å². The molecule has 0 aromatic heterocycles. The molecule has 0 aliphatic rings. The first kappa shape index (κ1) is 16.4. The zero-order valence-corrected chi connectivity index (χ0v) is 13.3. The number of hydrogen-bond donors (Lipinski definition) is 3. The summed E-state index contributed by atoms with van der Waals surface area (Å²) in [5.74, 6) is 0. The van der Waals surface area contributed by atoms with Gasteiger partial charge in [0.05, 0.1) is 11.2 Å². The molecule has 0 saturated heterocycles. The molecule has 19 heavy (non-hydrogen) atoms. The maximum atomic E-state index is 11.9. The van der Waals surface area contributed by atoms with Crippen molar-refractivity contribution in [3.63, 3.8) is 0 Å². The third-order valence-corrected chi connectivity index (χ3v) is 4.94. The van der Waals surface area contributed by atoms with Gasteiger partial charge < -0.3 is 5.73 Å². The van der Waals surface area contributed by atoms with Crippen LogP contribution in [0.1, 0.15) is 0 Å². The van der Waals surface area contributed by atoms with Crippen LogP contribution in [0, 0.1) is 0 Å². The van der Waals surface area contributed by atoms with E-state index in [-0.39, 0.29) is 18.0 Å². The normalized spacial score (nSPS) is 12.5. The van der Waals surface area contributed by atoms with Crippen LogP contribution in [0.2, 0.25) is 0 Å². The van der Waals surface area contributed by atoms with Crippen LogP contribution >= 0.6 is 15.9 Å². The van der Waals surface area contributed by atoms with Gasteiger partial charge in [-0.1, -0.05) is 0 Å². The Labute approximate surface area is 120 Å². The van der Waals surface area contributed by atoms with Crippen molar-refractivity contribution in [2.45, 2.75) is 4.90 Å². The molecule has 0 heterocycles. The predicted molar refractivity (Wildman–Crippen MR) is 76.6 cm³/mol. The van der Waals surface area contributed by atoms with E-state index in [1.165, 1.54) is 18.2 Å². The smallest absolute Gasteiger partial charge is 0.240 e. The number of nitrogen functional groups attached to an aromatic ring is 1. The maximum absolute atomic E-state index is 11.9. The van der Waals surface area contributed by atoms with Gasteiger partial charge in [0.2, 0.25) is 20.0 Å². The second kappa shape index (κ2) is 6.18. The van der Waals surface area contributed by atoms with Gasteiger partial charge in [0.15, 0.2) is 0 Å². The summed E-state index contributed by atoms with van der Waals surface area (Å²) in [5, 5.41) is 0. The molecule has 0 unspecified atom stereocenters. The van der Waals surface area contributed by atoms with E-state index in [1.807, 2.05) is 0 Å². The van der Waals surface area contributed by atoms with Crippen LogP contribution in [0.4, 0.5) is 5.69 Å². The standard InChI is InChI=1S/C9H14BrN3O4S2/c1-18(14,15)12-4-5-13-19(16,17)7-2-3-9(11)8(10)6-7/h2-3,6,12-13H,4-5,11H2,1H3. The van der Waals surface area contributed by atoms with E-state index in [1.54, 1.807) is 0 Å². The summed E-state index contributed by atoms with van der Waals surface area (Å²) in [6.45, 7) is -0.0639. The molecule has 0 bridgehead atoms. The average molecular weight is 372 g/mol. The second-order valence-corrected chi connectivity index (χ2v) is 8.20. The van der Waals surface area contributed by atoms with Gasteiger partial charge in [0.25, 0.3) is 0 Å². The van der Waals surface area contributed by atoms with E-state index < -0.39 is 20.0 Å². The van der Waals surface area contributed by atoms with Crippen LogP contribution in [-0.2, 0) is 20.0 Å². The summed E-state index contributed by atoms with van der Waals surface area (Å²) in [6.07, 6.45) is 0.999. The molecule has 0 atom stereocenters. The number of hydrogen-bond acceptors (Lipinski definition) is 5. The lowest BCUT2D eigenvalue weighted by Gasteiger charge is -2.08. The lowest BCUT2D eigenvalue weighted by Crippen LogP contribution is -2.34. The Morgan fingerprint density at radius 2 is 1.74 bits per heavy atom. The fourth-order valence-electron chi connectivity index (χ4n) is 1.18. The highest BCUT2D eigenvalue weighted by molar-refractivity contribution is 9.10. The van der Waals surface area contributed by atoms with Gasteiger partial charge in [-0.25, -0.2) is 26.3 Å².